The molecule has 2 aromatic heterocycles. The van der Waals surface area contributed by atoms with Crippen molar-refractivity contribution in [1.82, 2.24) is 25.4 Å². The zero-order chi connectivity index (χ0) is 18.9. The lowest BCUT2D eigenvalue weighted by Crippen LogP contribution is -2.37. The molecule has 2 aromatic rings. The van der Waals surface area contributed by atoms with Gasteiger partial charge < -0.3 is 10.6 Å². The summed E-state index contributed by atoms with van der Waals surface area (Å²) < 4.78 is 1.86. The number of rotatable bonds is 8. The van der Waals surface area contributed by atoms with Gasteiger partial charge in [0.1, 0.15) is 0 Å². The molecule has 2 N–H and O–H groups in total. The van der Waals surface area contributed by atoms with E-state index in [1.807, 2.05) is 36.9 Å². The molecule has 0 atom stereocenters. The summed E-state index contributed by atoms with van der Waals surface area (Å²) in [6, 6.07) is 6.10. The third-order valence-corrected chi connectivity index (χ3v) is 4.05. The van der Waals surface area contributed by atoms with E-state index in [2.05, 4.69) is 52.5 Å². The van der Waals surface area contributed by atoms with E-state index >= 15 is 0 Å². The molecule has 0 bridgehead atoms. The average Bonchev–Trinajstić information content (AvgIpc) is 2.95. The van der Waals surface area contributed by atoms with Crippen molar-refractivity contribution in [3.05, 3.63) is 41.3 Å². The van der Waals surface area contributed by atoms with Crippen LogP contribution < -0.4 is 10.6 Å². The quantitative estimate of drug-likeness (QED) is 0.432. The molecule has 26 heavy (non-hydrogen) atoms. The first kappa shape index (κ1) is 19.9. The zero-order valence-electron chi connectivity index (χ0n) is 16.7. The summed E-state index contributed by atoms with van der Waals surface area (Å²) in [6.07, 6.45) is 4.25. The first-order chi connectivity index (χ1) is 12.5. The summed E-state index contributed by atoms with van der Waals surface area (Å²) in [7, 11) is 0. The molecule has 0 spiro atoms. The van der Waals surface area contributed by atoms with Crippen molar-refractivity contribution >= 4 is 5.96 Å². The van der Waals surface area contributed by atoms with Crippen LogP contribution in [0.1, 0.15) is 50.6 Å². The molecule has 0 saturated heterocycles. The molecule has 0 amide bonds. The number of guanidine groups is 1. The zero-order valence-corrected chi connectivity index (χ0v) is 16.7. The maximum Gasteiger partial charge on any atom is 0.191 e. The number of aliphatic imine (C=N–C) groups is 1. The molecular weight excluding hydrogens is 324 g/mol. The van der Waals surface area contributed by atoms with Crippen molar-refractivity contribution < 1.29 is 0 Å². The van der Waals surface area contributed by atoms with Gasteiger partial charge in [-0.05, 0) is 57.2 Å². The third kappa shape index (κ3) is 6.17. The second-order valence-corrected chi connectivity index (χ2v) is 7.02. The number of aromatic nitrogens is 3. The van der Waals surface area contributed by atoms with E-state index in [1.165, 1.54) is 6.42 Å². The molecule has 6 heteroatoms. The van der Waals surface area contributed by atoms with Crippen LogP contribution in [0.2, 0.25) is 0 Å². The van der Waals surface area contributed by atoms with Crippen molar-refractivity contribution in [3.63, 3.8) is 0 Å². The minimum absolute atomic E-state index is 0.601. The molecule has 2 rings (SSSR count). The Balaban J connectivity index is 1.95. The second-order valence-electron chi connectivity index (χ2n) is 7.02. The monoisotopic (exact) mass is 356 g/mol. The lowest BCUT2D eigenvalue weighted by Gasteiger charge is -2.12. The molecule has 0 saturated carbocycles. The van der Waals surface area contributed by atoms with Crippen LogP contribution >= 0.6 is 0 Å². The SMILES string of the molecule is CCNC(=NCc1ccc(-n2nc(C)cc2C)nc1)NCCCC(C)C. The first-order valence-electron chi connectivity index (χ1n) is 9.50. The van der Waals surface area contributed by atoms with Crippen LogP contribution in [0.3, 0.4) is 0 Å². The Hall–Kier alpha value is -2.37. The molecule has 0 aliphatic carbocycles. The van der Waals surface area contributed by atoms with Crippen LogP contribution in [0.5, 0.6) is 0 Å². The van der Waals surface area contributed by atoms with Gasteiger partial charge in [0.05, 0.1) is 12.2 Å². The predicted molar refractivity (Wildman–Crippen MR) is 108 cm³/mol. The van der Waals surface area contributed by atoms with Gasteiger partial charge >= 0.3 is 0 Å². The molecule has 142 valence electrons. The highest BCUT2D eigenvalue weighted by atomic mass is 15.3. The van der Waals surface area contributed by atoms with Gasteiger partial charge in [-0.2, -0.15) is 5.10 Å². The van der Waals surface area contributed by atoms with Crippen molar-refractivity contribution in [2.24, 2.45) is 10.9 Å². The number of aryl methyl sites for hydroxylation is 2. The number of nitrogens with zero attached hydrogens (tertiary/aromatic N) is 4. The van der Waals surface area contributed by atoms with E-state index in [0.717, 1.165) is 54.2 Å². The van der Waals surface area contributed by atoms with Gasteiger partial charge in [-0.1, -0.05) is 19.9 Å². The van der Waals surface area contributed by atoms with Crippen molar-refractivity contribution in [3.8, 4) is 5.82 Å². The van der Waals surface area contributed by atoms with Gasteiger partial charge in [-0.3, -0.25) is 0 Å². The maximum atomic E-state index is 4.66. The van der Waals surface area contributed by atoms with Crippen molar-refractivity contribution in [1.29, 1.82) is 0 Å². The van der Waals surface area contributed by atoms with Gasteiger partial charge in [0, 0.05) is 25.0 Å². The predicted octanol–water partition coefficient (Wildman–Crippen LogP) is 3.38. The fraction of sp³-hybridized carbons (Fsp3) is 0.550. The molecule has 6 nitrogen and oxygen atoms in total. The van der Waals surface area contributed by atoms with E-state index in [1.54, 1.807) is 0 Å². The van der Waals surface area contributed by atoms with Crippen LogP contribution in [0, 0.1) is 19.8 Å². The average molecular weight is 357 g/mol. The maximum absolute atomic E-state index is 4.66. The van der Waals surface area contributed by atoms with Crippen molar-refractivity contribution in [2.75, 3.05) is 13.1 Å². The first-order valence-corrected chi connectivity index (χ1v) is 9.50. The summed E-state index contributed by atoms with van der Waals surface area (Å²) in [4.78, 5) is 9.19. The Bertz CT molecular complexity index is 700. The number of hydrogen-bond acceptors (Lipinski definition) is 3. The minimum Gasteiger partial charge on any atom is -0.357 e. The normalized spacial score (nSPS) is 11.8. The third-order valence-electron chi connectivity index (χ3n) is 4.05. The standard InChI is InChI=1S/C20H32N6/c1-6-21-20(22-11-7-8-15(2)3)24-14-18-9-10-19(23-13-18)26-17(5)12-16(4)25-26/h9-10,12-13,15H,6-8,11,14H2,1-5H3,(H2,21,22,24). The lowest BCUT2D eigenvalue weighted by molar-refractivity contribution is 0.549. The van der Waals surface area contributed by atoms with Crippen molar-refractivity contribution in [2.45, 2.75) is 54.0 Å². The van der Waals surface area contributed by atoms with Crippen LogP contribution in [0.4, 0.5) is 0 Å². The van der Waals surface area contributed by atoms with E-state index < -0.39 is 0 Å². The lowest BCUT2D eigenvalue weighted by atomic mass is 10.1. The highest BCUT2D eigenvalue weighted by Gasteiger charge is 2.05. The molecule has 0 fully saturated rings. The molecule has 0 unspecified atom stereocenters. The molecular formula is C20H32N6. The van der Waals surface area contributed by atoms with Crippen LogP contribution in [-0.4, -0.2) is 33.8 Å². The van der Waals surface area contributed by atoms with Gasteiger partial charge in [0.15, 0.2) is 11.8 Å². The molecule has 0 aliphatic heterocycles. The number of nitrogens with one attached hydrogen (secondary N) is 2. The summed E-state index contributed by atoms with van der Waals surface area (Å²) in [6.45, 7) is 13.0. The molecule has 0 radical (unpaired) electrons. The largest absolute Gasteiger partial charge is 0.357 e. The highest BCUT2D eigenvalue weighted by Crippen LogP contribution is 2.10. The number of hydrogen-bond donors (Lipinski definition) is 2. The summed E-state index contributed by atoms with van der Waals surface area (Å²) in [5, 5.41) is 11.2. The van der Waals surface area contributed by atoms with Gasteiger partial charge in [0.25, 0.3) is 0 Å². The van der Waals surface area contributed by atoms with E-state index in [4.69, 9.17) is 0 Å². The topological polar surface area (TPSA) is 67.1 Å². The van der Waals surface area contributed by atoms with Gasteiger partial charge in [-0.15, -0.1) is 0 Å². The van der Waals surface area contributed by atoms with E-state index in [0.29, 0.717) is 6.54 Å². The fourth-order valence-electron chi connectivity index (χ4n) is 2.73. The van der Waals surface area contributed by atoms with E-state index in [9.17, 15) is 0 Å². The number of pyridine rings is 1. The Morgan fingerprint density at radius 1 is 1.23 bits per heavy atom. The Labute approximate surface area is 157 Å². The fourth-order valence-corrected chi connectivity index (χ4v) is 2.73. The van der Waals surface area contributed by atoms with Crippen LogP contribution in [0.15, 0.2) is 29.4 Å². The smallest absolute Gasteiger partial charge is 0.191 e. The summed E-state index contributed by atoms with van der Waals surface area (Å²) in [5.74, 6) is 2.43. The second kappa shape index (κ2) is 9.94. The van der Waals surface area contributed by atoms with Crippen LogP contribution in [-0.2, 0) is 6.54 Å². The van der Waals surface area contributed by atoms with E-state index in [-0.39, 0.29) is 0 Å². The van der Waals surface area contributed by atoms with Gasteiger partial charge in [-0.25, -0.2) is 14.7 Å². The Morgan fingerprint density at radius 3 is 2.62 bits per heavy atom. The van der Waals surface area contributed by atoms with Crippen LogP contribution in [0.25, 0.3) is 5.82 Å². The highest BCUT2D eigenvalue weighted by molar-refractivity contribution is 5.79. The summed E-state index contributed by atoms with van der Waals surface area (Å²) in [5.41, 5.74) is 3.16. The molecule has 2 heterocycles. The molecule has 0 aromatic carbocycles. The molecule has 0 aliphatic rings. The Kier molecular flexibility index (Phi) is 7.63. The minimum atomic E-state index is 0.601. The Morgan fingerprint density at radius 2 is 2.04 bits per heavy atom. The van der Waals surface area contributed by atoms with Gasteiger partial charge in [0.2, 0.25) is 0 Å². The summed E-state index contributed by atoms with van der Waals surface area (Å²) >= 11 is 0.